The Morgan fingerprint density at radius 2 is 0.429 bits per heavy atom. The van der Waals surface area contributed by atoms with Gasteiger partial charge in [0.2, 0.25) is 0 Å². The molecule has 0 N–H and O–H groups in total. The molecule has 1 saturated carbocycles. The SMILES string of the molecule is O=C1C(=O)C(=O)C(=O)C(=O)C1=O.[Na].[Na]. The predicted octanol–water partition coefficient (Wildman–Crippen LogP) is -3.35. The van der Waals surface area contributed by atoms with Gasteiger partial charge in [0.15, 0.2) is 0 Å². The van der Waals surface area contributed by atoms with Crippen LogP contribution in [0.5, 0.6) is 0 Å². The third kappa shape index (κ3) is 2.53. The minimum Gasteiger partial charge on any atom is -0.281 e. The number of ketones is 6. The van der Waals surface area contributed by atoms with Gasteiger partial charge in [0.1, 0.15) is 0 Å². The van der Waals surface area contributed by atoms with Crippen LogP contribution < -0.4 is 0 Å². The van der Waals surface area contributed by atoms with Gasteiger partial charge in [-0.1, -0.05) is 0 Å². The fraction of sp³-hybridized carbons (Fsp3) is 0. The first-order valence-electron chi connectivity index (χ1n) is 2.72. The normalized spacial score (nSPS) is 16.3. The molecule has 0 saturated heterocycles. The Morgan fingerprint density at radius 3 is 0.500 bits per heavy atom. The summed E-state index contributed by atoms with van der Waals surface area (Å²) in [4.78, 5) is 62.4. The smallest absolute Gasteiger partial charge is 0.281 e. The van der Waals surface area contributed by atoms with E-state index < -0.39 is 34.7 Å². The molecule has 14 heavy (non-hydrogen) atoms. The van der Waals surface area contributed by atoms with Crippen molar-refractivity contribution in [3.8, 4) is 0 Å². The summed E-state index contributed by atoms with van der Waals surface area (Å²) in [7, 11) is 0. The minimum absolute atomic E-state index is 0. The van der Waals surface area contributed by atoms with Gasteiger partial charge in [-0.05, 0) is 0 Å². The van der Waals surface area contributed by atoms with Crippen molar-refractivity contribution < 1.29 is 28.8 Å². The van der Waals surface area contributed by atoms with Crippen LogP contribution in [-0.2, 0) is 28.8 Å². The van der Waals surface area contributed by atoms with Gasteiger partial charge < -0.3 is 0 Å². The number of carbonyl (C=O) groups is 6. The zero-order chi connectivity index (χ0) is 9.46. The maximum atomic E-state index is 10.4. The molecule has 0 aromatic rings. The Morgan fingerprint density at radius 1 is 0.357 bits per heavy atom. The summed E-state index contributed by atoms with van der Waals surface area (Å²) in [6.45, 7) is 0. The average molecular weight is 214 g/mol. The van der Waals surface area contributed by atoms with Crippen LogP contribution in [0.2, 0.25) is 0 Å². The molecule has 1 fully saturated rings. The van der Waals surface area contributed by atoms with Crippen LogP contribution in [0.3, 0.4) is 0 Å². The first-order valence-corrected chi connectivity index (χ1v) is 2.72. The van der Waals surface area contributed by atoms with Crippen LogP contribution in [0.25, 0.3) is 0 Å². The fourth-order valence-electron chi connectivity index (χ4n) is 0.619. The van der Waals surface area contributed by atoms with Crippen LogP contribution in [0.1, 0.15) is 0 Å². The van der Waals surface area contributed by atoms with E-state index in [0.717, 1.165) is 0 Å². The van der Waals surface area contributed by atoms with E-state index in [2.05, 4.69) is 0 Å². The summed E-state index contributed by atoms with van der Waals surface area (Å²) in [6.07, 6.45) is 0. The Bertz CT molecular complexity index is 251. The second-order valence-electron chi connectivity index (χ2n) is 1.97. The molecular formula is C6Na2O6. The largest absolute Gasteiger partial charge is 0.281 e. The van der Waals surface area contributed by atoms with Gasteiger partial charge in [-0.15, -0.1) is 0 Å². The molecule has 1 aliphatic rings. The van der Waals surface area contributed by atoms with E-state index in [9.17, 15) is 28.8 Å². The van der Waals surface area contributed by atoms with Crippen molar-refractivity contribution in [2.75, 3.05) is 0 Å². The summed E-state index contributed by atoms with van der Waals surface area (Å²) < 4.78 is 0. The monoisotopic (exact) mass is 214 g/mol. The van der Waals surface area contributed by atoms with Crippen LogP contribution in [0, 0.1) is 0 Å². The number of carbonyl (C=O) groups excluding carboxylic acids is 6. The minimum atomic E-state index is -1.73. The molecule has 0 unspecified atom stereocenters. The third-order valence-electron chi connectivity index (χ3n) is 1.24. The summed E-state index contributed by atoms with van der Waals surface area (Å²) in [5.41, 5.74) is 0. The van der Waals surface area contributed by atoms with E-state index in [1.807, 2.05) is 0 Å². The second-order valence-corrected chi connectivity index (χ2v) is 1.97. The molecule has 6 nitrogen and oxygen atoms in total. The van der Waals surface area contributed by atoms with Gasteiger partial charge in [-0.25, -0.2) is 0 Å². The van der Waals surface area contributed by atoms with Crippen molar-refractivity contribution in [2.45, 2.75) is 0 Å². The van der Waals surface area contributed by atoms with E-state index >= 15 is 0 Å². The van der Waals surface area contributed by atoms with Crippen molar-refractivity contribution in [2.24, 2.45) is 0 Å². The van der Waals surface area contributed by atoms with E-state index in [1.54, 1.807) is 0 Å². The summed E-state index contributed by atoms with van der Waals surface area (Å²) >= 11 is 0. The quantitative estimate of drug-likeness (QED) is 0.308. The molecular weight excluding hydrogens is 214 g/mol. The summed E-state index contributed by atoms with van der Waals surface area (Å²) in [5, 5.41) is 0. The molecule has 8 heteroatoms. The molecule has 62 valence electrons. The van der Waals surface area contributed by atoms with Gasteiger partial charge in [0.05, 0.1) is 0 Å². The van der Waals surface area contributed by atoms with Crippen molar-refractivity contribution in [1.29, 1.82) is 0 Å². The Labute approximate surface area is 121 Å². The van der Waals surface area contributed by atoms with Gasteiger partial charge in [0, 0.05) is 59.1 Å². The Hall–Kier alpha value is 0.0200. The first-order chi connectivity index (χ1) is 5.46. The Kier molecular flexibility index (Phi) is 6.81. The molecule has 0 spiro atoms. The van der Waals surface area contributed by atoms with Gasteiger partial charge in [-0.2, -0.15) is 0 Å². The van der Waals surface area contributed by atoms with Crippen molar-refractivity contribution in [1.82, 2.24) is 0 Å². The van der Waals surface area contributed by atoms with Crippen LogP contribution in [-0.4, -0.2) is 93.8 Å². The summed E-state index contributed by atoms with van der Waals surface area (Å²) in [5.74, 6) is -10.4. The Balaban J connectivity index is 0. The average Bonchev–Trinajstić information content (AvgIpc) is 2.08. The molecule has 0 heterocycles. The molecule has 0 aromatic carbocycles. The topological polar surface area (TPSA) is 102 Å². The van der Waals surface area contributed by atoms with Gasteiger partial charge in [-0.3, -0.25) is 28.8 Å². The fourth-order valence-corrected chi connectivity index (χ4v) is 0.619. The maximum Gasteiger partial charge on any atom is 0.281 e. The van der Waals surface area contributed by atoms with Crippen LogP contribution in [0.4, 0.5) is 0 Å². The first kappa shape index (κ1) is 16.4. The number of Topliss-reactive ketones (excluding diaryl/α,β-unsaturated/α-hetero) is 6. The summed E-state index contributed by atoms with van der Waals surface area (Å²) in [6, 6.07) is 0. The van der Waals surface area contributed by atoms with Crippen molar-refractivity contribution in [3.63, 3.8) is 0 Å². The zero-order valence-corrected chi connectivity index (χ0v) is 11.4. The maximum absolute atomic E-state index is 10.4. The van der Waals surface area contributed by atoms with E-state index in [0.29, 0.717) is 0 Å². The molecule has 1 aliphatic carbocycles. The number of hydrogen-bond donors (Lipinski definition) is 0. The number of hydrogen-bond acceptors (Lipinski definition) is 6. The molecule has 0 aromatic heterocycles. The standard InChI is InChI=1S/C6O6.2Na/c7-1-2(8)4(10)6(12)5(11)3(1)9;;. The van der Waals surface area contributed by atoms with Gasteiger partial charge in [0.25, 0.3) is 34.7 Å². The molecule has 0 bridgehead atoms. The van der Waals surface area contributed by atoms with Crippen LogP contribution in [0.15, 0.2) is 0 Å². The molecule has 0 aliphatic heterocycles. The molecule has 0 amide bonds. The van der Waals surface area contributed by atoms with E-state index in [1.165, 1.54) is 0 Å². The van der Waals surface area contributed by atoms with Crippen LogP contribution >= 0.6 is 0 Å². The van der Waals surface area contributed by atoms with Crippen molar-refractivity contribution >= 4 is 93.8 Å². The zero-order valence-electron chi connectivity index (χ0n) is 7.45. The predicted molar refractivity (Wildman–Crippen MR) is 41.5 cm³/mol. The molecule has 1 rings (SSSR count). The molecule has 2 radical (unpaired) electrons. The van der Waals surface area contributed by atoms with Gasteiger partial charge >= 0.3 is 0 Å². The molecule has 0 atom stereocenters. The van der Waals surface area contributed by atoms with E-state index in [4.69, 9.17) is 0 Å². The third-order valence-corrected chi connectivity index (χ3v) is 1.24. The second kappa shape index (κ2) is 5.79. The van der Waals surface area contributed by atoms with Crippen molar-refractivity contribution in [3.05, 3.63) is 0 Å². The number of rotatable bonds is 0. The van der Waals surface area contributed by atoms with E-state index in [-0.39, 0.29) is 59.1 Å².